The average molecular weight is 372 g/mol. The SMILES string of the molecule is COCC(=O)N1CCc2c[c]ccc2C1C(=O)NCc1ccc(Cl)cc1. The second-order valence-electron chi connectivity index (χ2n) is 6.14. The molecule has 1 radical (unpaired) electrons. The molecule has 5 nitrogen and oxygen atoms in total. The summed E-state index contributed by atoms with van der Waals surface area (Å²) in [6.45, 7) is 0.800. The molecule has 2 aromatic carbocycles. The molecular formula is C20H20ClN2O3. The van der Waals surface area contributed by atoms with Gasteiger partial charge < -0.3 is 15.0 Å². The number of methoxy groups -OCH3 is 1. The molecule has 3 rings (SSSR count). The average Bonchev–Trinajstić information content (AvgIpc) is 2.66. The van der Waals surface area contributed by atoms with Crippen molar-refractivity contribution in [3.05, 3.63) is 70.2 Å². The molecule has 1 heterocycles. The predicted molar refractivity (Wildman–Crippen MR) is 98.6 cm³/mol. The fourth-order valence-electron chi connectivity index (χ4n) is 3.14. The Morgan fingerprint density at radius 1 is 1.31 bits per heavy atom. The summed E-state index contributed by atoms with van der Waals surface area (Å²) in [5.41, 5.74) is 2.82. The highest BCUT2D eigenvalue weighted by atomic mass is 35.5. The Kier molecular flexibility index (Phi) is 5.91. The van der Waals surface area contributed by atoms with Crippen molar-refractivity contribution in [3.63, 3.8) is 0 Å². The van der Waals surface area contributed by atoms with Gasteiger partial charge in [-0.25, -0.2) is 0 Å². The number of nitrogens with zero attached hydrogens (tertiary/aromatic N) is 1. The fraction of sp³-hybridized carbons (Fsp3) is 0.300. The molecule has 1 N–H and O–H groups in total. The summed E-state index contributed by atoms with van der Waals surface area (Å²) in [7, 11) is 1.47. The van der Waals surface area contributed by atoms with Crippen molar-refractivity contribution in [2.45, 2.75) is 19.0 Å². The van der Waals surface area contributed by atoms with Crippen LogP contribution in [0.3, 0.4) is 0 Å². The molecular weight excluding hydrogens is 352 g/mol. The Hall–Kier alpha value is -2.37. The Morgan fingerprint density at radius 3 is 2.81 bits per heavy atom. The first-order chi connectivity index (χ1) is 12.6. The monoisotopic (exact) mass is 371 g/mol. The largest absolute Gasteiger partial charge is 0.375 e. The molecule has 1 aliphatic heterocycles. The molecule has 135 valence electrons. The van der Waals surface area contributed by atoms with Crippen LogP contribution in [0.15, 0.2) is 42.5 Å². The summed E-state index contributed by atoms with van der Waals surface area (Å²) in [4.78, 5) is 27.0. The van der Waals surface area contributed by atoms with Crippen molar-refractivity contribution < 1.29 is 14.3 Å². The van der Waals surface area contributed by atoms with Gasteiger partial charge in [0.25, 0.3) is 0 Å². The zero-order valence-corrected chi connectivity index (χ0v) is 15.3. The highest BCUT2D eigenvalue weighted by Crippen LogP contribution is 2.30. The molecule has 2 aromatic rings. The molecule has 0 saturated heterocycles. The van der Waals surface area contributed by atoms with Crippen molar-refractivity contribution in [1.29, 1.82) is 0 Å². The molecule has 1 atom stereocenters. The van der Waals surface area contributed by atoms with Gasteiger partial charge in [-0.2, -0.15) is 0 Å². The van der Waals surface area contributed by atoms with Gasteiger partial charge in [-0.1, -0.05) is 41.9 Å². The molecule has 0 aromatic heterocycles. The van der Waals surface area contributed by atoms with Crippen molar-refractivity contribution in [2.24, 2.45) is 0 Å². The molecule has 0 spiro atoms. The van der Waals surface area contributed by atoms with E-state index < -0.39 is 6.04 Å². The van der Waals surface area contributed by atoms with E-state index in [1.165, 1.54) is 7.11 Å². The molecule has 0 bridgehead atoms. The van der Waals surface area contributed by atoms with E-state index in [1.54, 1.807) is 23.1 Å². The number of nitrogens with one attached hydrogen (secondary N) is 1. The van der Waals surface area contributed by atoms with Crippen molar-refractivity contribution >= 4 is 23.4 Å². The lowest BCUT2D eigenvalue weighted by Gasteiger charge is -2.36. The Morgan fingerprint density at radius 2 is 2.08 bits per heavy atom. The van der Waals surface area contributed by atoms with Gasteiger partial charge in [0.15, 0.2) is 0 Å². The van der Waals surface area contributed by atoms with Gasteiger partial charge in [-0.05, 0) is 41.3 Å². The first-order valence-corrected chi connectivity index (χ1v) is 8.77. The van der Waals surface area contributed by atoms with Gasteiger partial charge in [0.1, 0.15) is 12.6 Å². The van der Waals surface area contributed by atoms with E-state index >= 15 is 0 Å². The number of rotatable bonds is 5. The molecule has 2 amide bonds. The van der Waals surface area contributed by atoms with Crippen LogP contribution in [0.25, 0.3) is 0 Å². The van der Waals surface area contributed by atoms with Gasteiger partial charge in [-0.3, -0.25) is 9.59 Å². The number of benzene rings is 2. The summed E-state index contributed by atoms with van der Waals surface area (Å²) in [5.74, 6) is -0.408. The van der Waals surface area contributed by atoms with E-state index in [0.717, 1.165) is 16.7 Å². The summed E-state index contributed by atoms with van der Waals surface area (Å²) in [6.07, 6.45) is 0.698. The number of hydrogen-bond acceptors (Lipinski definition) is 3. The number of carbonyl (C=O) groups is 2. The Balaban J connectivity index is 1.80. The number of hydrogen-bond donors (Lipinski definition) is 1. The van der Waals surface area contributed by atoms with Crippen LogP contribution in [0, 0.1) is 6.07 Å². The molecule has 26 heavy (non-hydrogen) atoms. The van der Waals surface area contributed by atoms with E-state index in [1.807, 2.05) is 24.3 Å². The predicted octanol–water partition coefficient (Wildman–Crippen LogP) is 2.53. The molecule has 0 aliphatic carbocycles. The van der Waals surface area contributed by atoms with E-state index in [0.29, 0.717) is 24.5 Å². The number of carbonyl (C=O) groups excluding carboxylic acids is 2. The normalized spacial score (nSPS) is 16.1. The number of ether oxygens (including phenoxy) is 1. The second-order valence-corrected chi connectivity index (χ2v) is 6.58. The molecule has 1 aliphatic rings. The van der Waals surface area contributed by atoms with E-state index in [4.69, 9.17) is 16.3 Å². The summed E-state index contributed by atoms with van der Waals surface area (Å²) in [5, 5.41) is 3.58. The smallest absolute Gasteiger partial charge is 0.249 e. The minimum Gasteiger partial charge on any atom is -0.375 e. The van der Waals surface area contributed by atoms with Crippen molar-refractivity contribution in [1.82, 2.24) is 10.2 Å². The third-order valence-electron chi connectivity index (χ3n) is 4.43. The molecule has 1 unspecified atom stereocenters. The quantitative estimate of drug-likeness (QED) is 0.878. The van der Waals surface area contributed by atoms with Crippen LogP contribution in [0.5, 0.6) is 0 Å². The minimum atomic E-state index is -0.664. The van der Waals surface area contributed by atoms with E-state index in [2.05, 4.69) is 11.4 Å². The third kappa shape index (κ3) is 4.06. The minimum absolute atomic E-state index is 0.0464. The number of fused-ring (bicyclic) bond motifs is 1. The maximum Gasteiger partial charge on any atom is 0.249 e. The number of halogens is 1. The van der Waals surface area contributed by atoms with Gasteiger partial charge in [-0.15, -0.1) is 0 Å². The second kappa shape index (κ2) is 8.34. The highest BCUT2D eigenvalue weighted by molar-refractivity contribution is 6.30. The van der Waals surface area contributed by atoms with Gasteiger partial charge in [0, 0.05) is 25.2 Å². The van der Waals surface area contributed by atoms with Crippen molar-refractivity contribution in [2.75, 3.05) is 20.3 Å². The maximum atomic E-state index is 12.9. The van der Waals surface area contributed by atoms with E-state index in [9.17, 15) is 9.59 Å². The molecule has 6 heteroatoms. The van der Waals surface area contributed by atoms with E-state index in [-0.39, 0.29) is 18.4 Å². The summed E-state index contributed by atoms with van der Waals surface area (Å²) < 4.78 is 4.97. The Labute approximate surface area is 157 Å². The standard InChI is InChI=1S/C20H20ClN2O3/c1-26-13-18(24)23-11-10-15-4-2-3-5-17(15)19(23)20(25)22-12-14-6-8-16(21)9-7-14/h3-9,19H,10-13H2,1H3,(H,22,25). The lowest BCUT2D eigenvalue weighted by molar-refractivity contribution is -0.144. The first kappa shape index (κ1) is 18.4. The van der Waals surface area contributed by atoms with Gasteiger partial charge in [0.2, 0.25) is 11.8 Å². The maximum absolute atomic E-state index is 12.9. The topological polar surface area (TPSA) is 58.6 Å². The molecule has 0 saturated carbocycles. The van der Waals surface area contributed by atoms with Gasteiger partial charge in [0.05, 0.1) is 0 Å². The van der Waals surface area contributed by atoms with Gasteiger partial charge >= 0.3 is 0 Å². The third-order valence-corrected chi connectivity index (χ3v) is 4.68. The summed E-state index contributed by atoms with van der Waals surface area (Å²) >= 11 is 5.89. The van der Waals surface area contributed by atoms with Crippen LogP contribution < -0.4 is 5.32 Å². The van der Waals surface area contributed by atoms with Crippen LogP contribution in [0.2, 0.25) is 5.02 Å². The van der Waals surface area contributed by atoms with Crippen molar-refractivity contribution in [3.8, 4) is 0 Å². The lowest BCUT2D eigenvalue weighted by Crippen LogP contribution is -2.48. The number of amides is 2. The van der Waals surface area contributed by atoms with Crippen LogP contribution in [0.4, 0.5) is 0 Å². The zero-order valence-electron chi connectivity index (χ0n) is 14.5. The van der Waals surface area contributed by atoms with Crippen LogP contribution in [-0.2, 0) is 27.3 Å². The molecule has 0 fully saturated rings. The van der Waals surface area contributed by atoms with Crippen LogP contribution in [0.1, 0.15) is 22.7 Å². The fourth-order valence-corrected chi connectivity index (χ4v) is 3.27. The van der Waals surface area contributed by atoms with Crippen LogP contribution in [-0.4, -0.2) is 37.0 Å². The highest BCUT2D eigenvalue weighted by Gasteiger charge is 2.35. The lowest BCUT2D eigenvalue weighted by atomic mass is 9.92. The van der Waals surface area contributed by atoms with Crippen LogP contribution >= 0.6 is 11.6 Å². The summed E-state index contributed by atoms with van der Waals surface area (Å²) in [6, 6.07) is 15.2. The first-order valence-electron chi connectivity index (χ1n) is 8.39. The zero-order chi connectivity index (χ0) is 18.5. The Bertz CT molecular complexity index is 792.